The number of nitrogens with one attached hydrogen (secondary N) is 1. The first kappa shape index (κ1) is 18.4. The predicted octanol–water partition coefficient (Wildman–Crippen LogP) is 2.88. The molecule has 0 bridgehead atoms. The zero-order chi connectivity index (χ0) is 19.5. The summed E-state index contributed by atoms with van der Waals surface area (Å²) in [4.78, 5) is 30.3. The lowest BCUT2D eigenvalue weighted by atomic mass is 9.80. The van der Waals surface area contributed by atoms with E-state index < -0.39 is 0 Å². The lowest BCUT2D eigenvalue weighted by Gasteiger charge is -2.45. The Labute approximate surface area is 163 Å². The topological polar surface area (TPSA) is 88.4 Å². The van der Waals surface area contributed by atoms with Gasteiger partial charge in [-0.15, -0.1) is 0 Å². The number of piperidine rings is 1. The summed E-state index contributed by atoms with van der Waals surface area (Å²) in [7, 11) is 0. The van der Waals surface area contributed by atoms with Crippen molar-refractivity contribution in [2.24, 2.45) is 5.92 Å². The van der Waals surface area contributed by atoms with Crippen molar-refractivity contribution in [1.82, 2.24) is 10.3 Å². The maximum Gasteiger partial charge on any atom is 0.269 e. The molecule has 1 fully saturated rings. The molecular formula is C21H24N4O3. The van der Waals surface area contributed by atoms with Gasteiger partial charge in [0.05, 0.1) is 10.8 Å². The number of nitro benzene ring substituents is 1. The normalized spacial score (nSPS) is 20.8. The molecule has 2 aliphatic rings. The number of aromatic nitrogens is 1. The van der Waals surface area contributed by atoms with E-state index in [0.29, 0.717) is 19.4 Å². The third kappa shape index (κ3) is 3.69. The van der Waals surface area contributed by atoms with Crippen molar-refractivity contribution in [3.8, 4) is 0 Å². The van der Waals surface area contributed by atoms with E-state index in [2.05, 4.69) is 15.2 Å². The highest BCUT2D eigenvalue weighted by molar-refractivity contribution is 5.82. The van der Waals surface area contributed by atoms with E-state index in [0.717, 1.165) is 42.8 Å². The number of nitro groups is 1. The predicted molar refractivity (Wildman–Crippen MR) is 106 cm³/mol. The number of nitrogens with zero attached hydrogens (tertiary/aromatic N) is 3. The first-order valence-corrected chi connectivity index (χ1v) is 9.85. The Morgan fingerprint density at radius 2 is 2.18 bits per heavy atom. The molecule has 0 saturated carbocycles. The molecule has 0 radical (unpaired) electrons. The number of carbonyl (C=O) groups excluding carboxylic acids is 1. The highest BCUT2D eigenvalue weighted by atomic mass is 16.6. The van der Waals surface area contributed by atoms with Crippen LogP contribution in [0.15, 0.2) is 42.6 Å². The van der Waals surface area contributed by atoms with Crippen LogP contribution in [0.4, 0.5) is 11.4 Å². The second-order valence-corrected chi connectivity index (χ2v) is 7.50. The number of non-ortho nitro benzene ring substituents is 1. The van der Waals surface area contributed by atoms with Gasteiger partial charge in [0.1, 0.15) is 0 Å². The molecule has 1 aromatic heterocycles. The molecule has 0 aliphatic carbocycles. The van der Waals surface area contributed by atoms with Crippen molar-refractivity contribution in [2.75, 3.05) is 18.0 Å². The minimum atomic E-state index is -0.371. The van der Waals surface area contributed by atoms with Gasteiger partial charge in [0.15, 0.2) is 0 Å². The van der Waals surface area contributed by atoms with Gasteiger partial charge in [-0.25, -0.2) is 0 Å². The van der Waals surface area contributed by atoms with Gasteiger partial charge in [-0.05, 0) is 49.4 Å². The molecule has 7 nitrogen and oxygen atoms in total. The van der Waals surface area contributed by atoms with Gasteiger partial charge in [0.25, 0.3) is 5.69 Å². The molecule has 2 aromatic rings. The van der Waals surface area contributed by atoms with Crippen molar-refractivity contribution < 1.29 is 9.72 Å². The van der Waals surface area contributed by atoms with Crippen molar-refractivity contribution in [3.63, 3.8) is 0 Å². The number of anilines is 1. The molecule has 1 N–H and O–H groups in total. The van der Waals surface area contributed by atoms with E-state index in [9.17, 15) is 14.9 Å². The number of amides is 1. The average molecular weight is 380 g/mol. The summed E-state index contributed by atoms with van der Waals surface area (Å²) in [5.74, 6) is -0.150. The van der Waals surface area contributed by atoms with Gasteiger partial charge < -0.3 is 10.2 Å². The number of hydrogen-bond acceptors (Lipinski definition) is 5. The van der Waals surface area contributed by atoms with Gasteiger partial charge >= 0.3 is 0 Å². The van der Waals surface area contributed by atoms with E-state index >= 15 is 0 Å². The molecule has 7 heteroatoms. The Morgan fingerprint density at radius 3 is 2.96 bits per heavy atom. The fourth-order valence-corrected chi connectivity index (χ4v) is 4.44. The molecule has 1 saturated heterocycles. The summed E-state index contributed by atoms with van der Waals surface area (Å²) in [5.41, 5.74) is 2.99. The molecule has 0 unspecified atom stereocenters. The highest BCUT2D eigenvalue weighted by Crippen LogP contribution is 2.39. The van der Waals surface area contributed by atoms with Crippen LogP contribution in [-0.4, -0.2) is 34.9 Å². The molecule has 4 rings (SSSR count). The van der Waals surface area contributed by atoms with Crippen LogP contribution < -0.4 is 10.2 Å². The third-order valence-corrected chi connectivity index (χ3v) is 5.78. The minimum absolute atomic E-state index is 0.0324. The SMILES string of the molecule is O=C(NCCc1ccccn1)[C@H]1Cc2cc([N+](=O)[O-])ccc2N2CCCC[C@H]12. The lowest BCUT2D eigenvalue weighted by molar-refractivity contribution is -0.384. The maximum absolute atomic E-state index is 13.0. The van der Waals surface area contributed by atoms with Crippen LogP contribution >= 0.6 is 0 Å². The van der Waals surface area contributed by atoms with Gasteiger partial charge in [-0.2, -0.15) is 0 Å². The van der Waals surface area contributed by atoms with Crippen molar-refractivity contribution >= 4 is 17.3 Å². The number of carbonyl (C=O) groups is 1. The zero-order valence-electron chi connectivity index (χ0n) is 15.7. The fourth-order valence-electron chi connectivity index (χ4n) is 4.44. The van der Waals surface area contributed by atoms with E-state index in [1.165, 1.54) is 0 Å². The van der Waals surface area contributed by atoms with E-state index in [1.807, 2.05) is 24.3 Å². The summed E-state index contributed by atoms with van der Waals surface area (Å²) in [5, 5.41) is 14.2. The first-order chi connectivity index (χ1) is 13.6. The number of hydrogen-bond donors (Lipinski definition) is 1. The Hall–Kier alpha value is -2.96. The number of benzene rings is 1. The van der Waals surface area contributed by atoms with Crippen LogP contribution in [-0.2, 0) is 17.6 Å². The third-order valence-electron chi connectivity index (χ3n) is 5.78. The molecule has 146 valence electrons. The summed E-state index contributed by atoms with van der Waals surface area (Å²) < 4.78 is 0. The molecule has 1 amide bonds. The van der Waals surface area contributed by atoms with E-state index in [4.69, 9.17) is 0 Å². The smallest absolute Gasteiger partial charge is 0.269 e. The second kappa shape index (κ2) is 7.96. The van der Waals surface area contributed by atoms with Gasteiger partial charge in [-0.3, -0.25) is 19.9 Å². The first-order valence-electron chi connectivity index (χ1n) is 9.85. The van der Waals surface area contributed by atoms with Crippen molar-refractivity contribution in [3.05, 3.63) is 64.0 Å². The molecule has 1 aromatic carbocycles. The Bertz CT molecular complexity index is 871. The molecule has 0 spiro atoms. The largest absolute Gasteiger partial charge is 0.368 e. The Balaban J connectivity index is 1.50. The maximum atomic E-state index is 13.0. The van der Waals surface area contributed by atoms with Crippen molar-refractivity contribution in [2.45, 2.75) is 38.1 Å². The van der Waals surface area contributed by atoms with Crippen LogP contribution in [0.25, 0.3) is 0 Å². The Morgan fingerprint density at radius 1 is 1.29 bits per heavy atom. The Kier molecular flexibility index (Phi) is 5.23. The lowest BCUT2D eigenvalue weighted by Crippen LogP contribution is -2.53. The average Bonchev–Trinajstić information content (AvgIpc) is 2.73. The molecule has 3 heterocycles. The number of pyridine rings is 1. The minimum Gasteiger partial charge on any atom is -0.368 e. The fraction of sp³-hybridized carbons (Fsp3) is 0.429. The summed E-state index contributed by atoms with van der Waals surface area (Å²) >= 11 is 0. The number of rotatable bonds is 5. The highest BCUT2D eigenvalue weighted by Gasteiger charge is 2.39. The van der Waals surface area contributed by atoms with Crippen LogP contribution in [0.5, 0.6) is 0 Å². The van der Waals surface area contributed by atoms with Gasteiger partial charge in [-0.1, -0.05) is 6.07 Å². The quantitative estimate of drug-likeness (QED) is 0.636. The monoisotopic (exact) mass is 380 g/mol. The summed E-state index contributed by atoms with van der Waals surface area (Å²) in [6, 6.07) is 11.0. The molecule has 2 atom stereocenters. The summed E-state index contributed by atoms with van der Waals surface area (Å²) in [6.45, 7) is 1.44. The van der Waals surface area contributed by atoms with E-state index in [-0.39, 0.29) is 28.5 Å². The molecular weight excluding hydrogens is 356 g/mol. The zero-order valence-corrected chi connectivity index (χ0v) is 15.7. The number of fused-ring (bicyclic) bond motifs is 3. The molecule has 2 aliphatic heterocycles. The van der Waals surface area contributed by atoms with Gasteiger partial charge in [0, 0.05) is 55.3 Å². The van der Waals surface area contributed by atoms with Crippen LogP contribution in [0.3, 0.4) is 0 Å². The van der Waals surface area contributed by atoms with Crippen molar-refractivity contribution in [1.29, 1.82) is 0 Å². The van der Waals surface area contributed by atoms with Crippen LogP contribution in [0, 0.1) is 16.0 Å². The summed E-state index contributed by atoms with van der Waals surface area (Å²) in [6.07, 6.45) is 6.17. The van der Waals surface area contributed by atoms with Crippen LogP contribution in [0.2, 0.25) is 0 Å². The van der Waals surface area contributed by atoms with E-state index in [1.54, 1.807) is 18.3 Å². The van der Waals surface area contributed by atoms with Crippen LogP contribution in [0.1, 0.15) is 30.5 Å². The second-order valence-electron chi connectivity index (χ2n) is 7.50. The molecule has 28 heavy (non-hydrogen) atoms. The standard InChI is InChI=1S/C21H24N4O3/c26-21(23-11-9-16-5-1-3-10-22-16)18-14-15-13-17(25(27)28)7-8-19(15)24-12-4-2-6-20(18)24/h1,3,5,7-8,10,13,18,20H,2,4,6,9,11-12,14H2,(H,23,26)/t18-,20+/m0/s1. The van der Waals surface area contributed by atoms with Gasteiger partial charge in [0.2, 0.25) is 5.91 Å².